The number of rotatable bonds is 6. The zero-order chi connectivity index (χ0) is 22.1. The summed E-state index contributed by atoms with van der Waals surface area (Å²) in [6.45, 7) is 2.01. The van der Waals surface area contributed by atoms with Crippen molar-refractivity contribution < 1.29 is 14.4 Å². The maximum Gasteiger partial charge on any atom is 0.258 e. The van der Waals surface area contributed by atoms with Crippen molar-refractivity contribution in [3.8, 4) is 11.5 Å². The lowest BCUT2D eigenvalue weighted by atomic mass is 10.00. The minimum Gasteiger partial charge on any atom is -0.493 e. The van der Waals surface area contributed by atoms with Gasteiger partial charge < -0.3 is 19.4 Å². The maximum atomic E-state index is 13.4. The molecule has 2 aliphatic rings. The molecule has 3 heterocycles. The van der Waals surface area contributed by atoms with Crippen molar-refractivity contribution in [2.24, 2.45) is 0 Å². The van der Waals surface area contributed by atoms with Crippen LogP contribution < -0.4 is 19.9 Å². The zero-order valence-electron chi connectivity index (χ0n) is 18.8. The van der Waals surface area contributed by atoms with E-state index in [1.165, 1.54) is 24.2 Å². The Morgan fingerprint density at radius 1 is 1.03 bits per heavy atom. The molecule has 0 bridgehead atoms. The first-order valence-electron chi connectivity index (χ1n) is 11.6. The average molecular weight is 440 g/mol. The van der Waals surface area contributed by atoms with Crippen LogP contribution >= 0.6 is 0 Å². The van der Waals surface area contributed by atoms with Crippen LogP contribution in [0.15, 0.2) is 23.0 Å². The van der Waals surface area contributed by atoms with Crippen LogP contribution in [-0.4, -0.2) is 52.5 Å². The molecule has 32 heavy (non-hydrogen) atoms. The molecule has 9 heteroatoms. The van der Waals surface area contributed by atoms with E-state index in [-0.39, 0.29) is 11.6 Å². The standard InChI is InChI=1S/C23H30N6O3/c1-31-19-13-15-12-17(23(30)24-18(15)14-20(19)32-2)21(28-10-6-3-7-11-28)22-25-26-27-29(22)16-8-4-5-9-16/h12-14,16,21H,3-11H2,1-2H3,(H,24,30)/p+1/t21-/m1/s1. The van der Waals surface area contributed by atoms with Crippen LogP contribution in [0.5, 0.6) is 11.5 Å². The molecule has 1 aliphatic carbocycles. The Morgan fingerprint density at radius 3 is 2.47 bits per heavy atom. The molecule has 1 saturated carbocycles. The second-order valence-corrected chi connectivity index (χ2v) is 8.92. The minimum atomic E-state index is -0.202. The van der Waals surface area contributed by atoms with Gasteiger partial charge >= 0.3 is 0 Å². The number of benzene rings is 1. The Kier molecular flexibility index (Phi) is 5.82. The molecule has 2 N–H and O–H groups in total. The molecule has 1 aromatic carbocycles. The molecule has 5 rings (SSSR count). The molecule has 0 radical (unpaired) electrons. The topological polar surface area (TPSA) is 99.4 Å². The number of quaternary nitrogens is 1. The number of nitrogens with one attached hydrogen (secondary N) is 2. The first kappa shape index (κ1) is 20.9. The Labute approximate surface area is 186 Å². The number of aromatic nitrogens is 5. The Balaban J connectivity index is 1.65. The van der Waals surface area contributed by atoms with Crippen molar-refractivity contribution >= 4 is 10.9 Å². The number of methoxy groups -OCH3 is 2. The van der Waals surface area contributed by atoms with Gasteiger partial charge in [-0.05, 0) is 54.7 Å². The number of tetrazole rings is 1. The highest BCUT2D eigenvalue weighted by molar-refractivity contribution is 5.83. The smallest absolute Gasteiger partial charge is 0.258 e. The molecule has 170 valence electrons. The summed E-state index contributed by atoms with van der Waals surface area (Å²) in [5, 5.41) is 13.8. The van der Waals surface area contributed by atoms with Gasteiger partial charge in [-0.25, -0.2) is 4.68 Å². The number of piperidine rings is 1. The molecule has 0 amide bonds. The van der Waals surface area contributed by atoms with E-state index in [1.54, 1.807) is 14.2 Å². The van der Waals surface area contributed by atoms with Gasteiger partial charge in [0.15, 0.2) is 17.5 Å². The van der Waals surface area contributed by atoms with E-state index < -0.39 is 0 Å². The largest absolute Gasteiger partial charge is 0.493 e. The summed E-state index contributed by atoms with van der Waals surface area (Å²) in [7, 11) is 3.21. The number of pyridine rings is 1. The molecular weight excluding hydrogens is 408 g/mol. The predicted octanol–water partition coefficient (Wildman–Crippen LogP) is 1.81. The number of ether oxygens (including phenoxy) is 2. The summed E-state index contributed by atoms with van der Waals surface area (Å²) >= 11 is 0. The van der Waals surface area contributed by atoms with E-state index >= 15 is 0 Å². The van der Waals surface area contributed by atoms with Crippen molar-refractivity contribution in [2.75, 3.05) is 27.3 Å². The first-order valence-corrected chi connectivity index (χ1v) is 11.6. The van der Waals surface area contributed by atoms with Crippen LogP contribution in [0.1, 0.15) is 68.4 Å². The summed E-state index contributed by atoms with van der Waals surface area (Å²) in [5.74, 6) is 2.03. The number of nitrogens with zero attached hydrogens (tertiary/aromatic N) is 4. The molecular formula is C23H31N6O3+. The van der Waals surface area contributed by atoms with Gasteiger partial charge in [-0.2, -0.15) is 0 Å². The molecule has 1 atom stereocenters. The molecule has 3 aromatic rings. The van der Waals surface area contributed by atoms with E-state index in [2.05, 4.69) is 20.5 Å². The monoisotopic (exact) mass is 439 g/mol. The quantitative estimate of drug-likeness (QED) is 0.608. The number of hydrogen-bond donors (Lipinski definition) is 2. The molecule has 9 nitrogen and oxygen atoms in total. The van der Waals surface area contributed by atoms with Gasteiger partial charge in [-0.3, -0.25) is 4.79 Å². The molecule has 1 saturated heterocycles. The third kappa shape index (κ3) is 3.74. The first-order chi connectivity index (χ1) is 15.7. The maximum absolute atomic E-state index is 13.4. The highest BCUT2D eigenvalue weighted by atomic mass is 16.5. The summed E-state index contributed by atoms with van der Waals surface area (Å²) in [5.41, 5.74) is 1.32. The molecule has 2 aromatic heterocycles. The highest BCUT2D eigenvalue weighted by Gasteiger charge is 2.36. The normalized spacial score (nSPS) is 18.8. The van der Waals surface area contributed by atoms with Gasteiger partial charge in [0.2, 0.25) is 5.82 Å². The van der Waals surface area contributed by atoms with Gasteiger partial charge in [-0.1, -0.05) is 12.8 Å². The lowest BCUT2D eigenvalue weighted by Gasteiger charge is -2.31. The number of H-pyrrole nitrogens is 1. The molecule has 0 unspecified atom stereocenters. The van der Waals surface area contributed by atoms with Gasteiger partial charge in [0.05, 0.1) is 44.4 Å². The molecule has 2 fully saturated rings. The van der Waals surface area contributed by atoms with Crippen LogP contribution in [0.2, 0.25) is 0 Å². The van der Waals surface area contributed by atoms with Crippen LogP contribution in [-0.2, 0) is 0 Å². The summed E-state index contributed by atoms with van der Waals surface area (Å²) in [6, 6.07) is 5.82. The second-order valence-electron chi connectivity index (χ2n) is 8.92. The Hall–Kier alpha value is -2.94. The number of likely N-dealkylation sites (tertiary alicyclic amines) is 1. The number of hydrogen-bond acceptors (Lipinski definition) is 6. The molecule has 1 aliphatic heterocycles. The number of fused-ring (bicyclic) bond motifs is 1. The zero-order valence-corrected chi connectivity index (χ0v) is 18.8. The van der Waals surface area contributed by atoms with Gasteiger partial charge in [-0.15, -0.1) is 5.10 Å². The fraction of sp³-hybridized carbons (Fsp3) is 0.565. The third-order valence-corrected chi connectivity index (χ3v) is 7.04. The lowest BCUT2D eigenvalue weighted by Crippen LogP contribution is -3.13. The van der Waals surface area contributed by atoms with Crippen molar-refractivity contribution in [1.82, 2.24) is 25.2 Å². The van der Waals surface area contributed by atoms with Crippen LogP contribution in [0, 0.1) is 0 Å². The Morgan fingerprint density at radius 2 is 1.75 bits per heavy atom. The van der Waals surface area contributed by atoms with E-state index in [1.807, 2.05) is 22.9 Å². The highest BCUT2D eigenvalue weighted by Crippen LogP contribution is 2.33. The lowest BCUT2D eigenvalue weighted by molar-refractivity contribution is -0.931. The van der Waals surface area contributed by atoms with Gasteiger partial charge in [0.25, 0.3) is 5.56 Å². The fourth-order valence-corrected chi connectivity index (χ4v) is 5.40. The summed E-state index contributed by atoms with van der Waals surface area (Å²) in [4.78, 5) is 17.8. The summed E-state index contributed by atoms with van der Waals surface area (Å²) in [6.07, 6.45) is 8.10. The van der Waals surface area contributed by atoms with E-state index in [9.17, 15) is 4.79 Å². The number of aromatic amines is 1. The van der Waals surface area contributed by atoms with Crippen LogP contribution in [0.25, 0.3) is 10.9 Å². The van der Waals surface area contributed by atoms with Crippen molar-refractivity contribution in [1.29, 1.82) is 0 Å². The van der Waals surface area contributed by atoms with Crippen molar-refractivity contribution in [2.45, 2.75) is 57.0 Å². The minimum absolute atomic E-state index is 0.103. The van der Waals surface area contributed by atoms with Gasteiger partial charge in [0.1, 0.15) is 0 Å². The van der Waals surface area contributed by atoms with Crippen LogP contribution in [0.4, 0.5) is 0 Å². The van der Waals surface area contributed by atoms with E-state index in [4.69, 9.17) is 9.47 Å². The van der Waals surface area contributed by atoms with E-state index in [0.717, 1.165) is 55.5 Å². The second kappa shape index (κ2) is 8.90. The predicted molar refractivity (Wildman–Crippen MR) is 119 cm³/mol. The third-order valence-electron chi connectivity index (χ3n) is 7.04. The fourth-order valence-electron chi connectivity index (χ4n) is 5.40. The average Bonchev–Trinajstić information content (AvgIpc) is 3.52. The van der Waals surface area contributed by atoms with Crippen molar-refractivity contribution in [3.63, 3.8) is 0 Å². The SMILES string of the molecule is COc1cc2cc([C@H](c3nnnn3C3CCCC3)[NH+]3CCCCC3)c(=O)[nH]c2cc1OC. The van der Waals surface area contributed by atoms with Crippen molar-refractivity contribution in [3.05, 3.63) is 39.9 Å². The molecule has 0 spiro atoms. The van der Waals surface area contributed by atoms with E-state index in [0.29, 0.717) is 23.1 Å². The summed E-state index contributed by atoms with van der Waals surface area (Å²) < 4.78 is 12.9. The van der Waals surface area contributed by atoms with Crippen LogP contribution in [0.3, 0.4) is 0 Å². The Bertz CT molecular complexity index is 1140. The van der Waals surface area contributed by atoms with Gasteiger partial charge in [0, 0.05) is 11.5 Å².